The molecule has 1 rings (SSSR count). The molecule has 0 aliphatic heterocycles. The average Bonchev–Trinajstić information content (AvgIpc) is 2.03. The van der Waals surface area contributed by atoms with Gasteiger partial charge in [0, 0.05) is 12.4 Å². The Bertz CT molecular complexity index is 249. The predicted molar refractivity (Wildman–Crippen MR) is 33.0 cm³/mol. The van der Waals surface area contributed by atoms with Gasteiger partial charge in [0.05, 0.1) is 11.9 Å². The van der Waals surface area contributed by atoms with Crippen molar-refractivity contribution in [3.8, 4) is 0 Å². The van der Waals surface area contributed by atoms with Gasteiger partial charge in [-0.1, -0.05) is 0 Å². The lowest BCUT2D eigenvalue weighted by Crippen LogP contribution is -2.21. The second kappa shape index (κ2) is 3.06. The topological polar surface area (TPSA) is 46.0 Å². The van der Waals surface area contributed by atoms with Crippen LogP contribution in [0, 0.1) is 0 Å². The summed E-state index contributed by atoms with van der Waals surface area (Å²) in [6.45, 7) is 0. The van der Waals surface area contributed by atoms with Gasteiger partial charge in [0.15, 0.2) is 6.10 Å². The van der Waals surface area contributed by atoms with E-state index in [-0.39, 0.29) is 0 Å². The maximum absolute atomic E-state index is 11.8. The summed E-state index contributed by atoms with van der Waals surface area (Å²) in [7, 11) is 0. The molecular formula is C6H5F3N2O. The van der Waals surface area contributed by atoms with Gasteiger partial charge in [0.2, 0.25) is 0 Å². The van der Waals surface area contributed by atoms with E-state index < -0.39 is 18.0 Å². The predicted octanol–water partition coefficient (Wildman–Crippen LogP) is 1.07. The minimum Gasteiger partial charge on any atom is -0.378 e. The smallest absolute Gasteiger partial charge is 0.378 e. The number of halogens is 3. The number of nitrogens with zero attached hydrogens (tertiary/aromatic N) is 2. The fraction of sp³-hybridized carbons (Fsp3) is 0.333. The number of rotatable bonds is 1. The Balaban J connectivity index is 2.86. The van der Waals surface area contributed by atoms with E-state index >= 15 is 0 Å². The molecule has 12 heavy (non-hydrogen) atoms. The standard InChI is InChI=1S/C6H5F3N2O/c7-6(8,9)5(12)4-3-10-1-2-11-4/h1-3,5,12H/t5-/m0/s1. The first-order valence-electron chi connectivity index (χ1n) is 3.02. The summed E-state index contributed by atoms with van der Waals surface area (Å²) >= 11 is 0. The van der Waals surface area contributed by atoms with Crippen LogP contribution in [0.3, 0.4) is 0 Å². The van der Waals surface area contributed by atoms with Crippen LogP contribution in [0.4, 0.5) is 13.2 Å². The van der Waals surface area contributed by atoms with Crippen molar-refractivity contribution in [3.63, 3.8) is 0 Å². The summed E-state index contributed by atoms with van der Waals surface area (Å²) < 4.78 is 35.5. The van der Waals surface area contributed by atoms with Gasteiger partial charge in [-0.2, -0.15) is 13.2 Å². The fourth-order valence-corrected chi connectivity index (χ4v) is 0.620. The molecule has 1 N–H and O–H groups in total. The molecule has 0 aliphatic carbocycles. The summed E-state index contributed by atoms with van der Waals surface area (Å²) in [5.74, 6) is 0. The van der Waals surface area contributed by atoms with Crippen LogP contribution in [0.5, 0.6) is 0 Å². The molecule has 0 aromatic carbocycles. The third-order valence-corrected chi connectivity index (χ3v) is 1.17. The molecule has 0 amide bonds. The molecule has 1 aromatic heterocycles. The van der Waals surface area contributed by atoms with Gasteiger partial charge in [-0.05, 0) is 0 Å². The highest BCUT2D eigenvalue weighted by atomic mass is 19.4. The van der Waals surface area contributed by atoms with E-state index in [9.17, 15) is 13.2 Å². The molecule has 1 atom stereocenters. The zero-order valence-corrected chi connectivity index (χ0v) is 5.78. The van der Waals surface area contributed by atoms with Gasteiger partial charge in [0.25, 0.3) is 0 Å². The number of aromatic nitrogens is 2. The van der Waals surface area contributed by atoms with Gasteiger partial charge in [-0.25, -0.2) is 0 Å². The van der Waals surface area contributed by atoms with Crippen molar-refractivity contribution in [3.05, 3.63) is 24.3 Å². The summed E-state index contributed by atoms with van der Waals surface area (Å²) in [6, 6.07) is 0. The number of alkyl halides is 3. The van der Waals surface area contributed by atoms with E-state index in [1.165, 1.54) is 6.20 Å². The Kier molecular flexibility index (Phi) is 2.27. The van der Waals surface area contributed by atoms with E-state index in [1.807, 2.05) is 0 Å². The van der Waals surface area contributed by atoms with Crippen LogP contribution in [0.1, 0.15) is 11.8 Å². The second-order valence-electron chi connectivity index (χ2n) is 2.07. The van der Waals surface area contributed by atoms with E-state index in [0.29, 0.717) is 0 Å². The lowest BCUT2D eigenvalue weighted by atomic mass is 10.2. The molecule has 0 spiro atoms. The third-order valence-electron chi connectivity index (χ3n) is 1.17. The molecule has 0 aliphatic rings. The highest BCUT2D eigenvalue weighted by Crippen LogP contribution is 2.30. The van der Waals surface area contributed by atoms with Crippen molar-refractivity contribution < 1.29 is 18.3 Å². The first-order chi connectivity index (χ1) is 5.52. The van der Waals surface area contributed by atoms with E-state index in [4.69, 9.17) is 5.11 Å². The molecule has 0 saturated carbocycles. The summed E-state index contributed by atoms with van der Waals surface area (Å²) in [4.78, 5) is 6.71. The van der Waals surface area contributed by atoms with Gasteiger partial charge in [-0.15, -0.1) is 0 Å². The zero-order chi connectivity index (χ0) is 9.19. The average molecular weight is 178 g/mol. The Hall–Kier alpha value is -1.17. The molecule has 1 aromatic rings. The van der Waals surface area contributed by atoms with Gasteiger partial charge < -0.3 is 5.11 Å². The zero-order valence-electron chi connectivity index (χ0n) is 5.78. The van der Waals surface area contributed by atoms with Gasteiger partial charge in [0.1, 0.15) is 0 Å². The molecule has 0 unspecified atom stereocenters. The minimum atomic E-state index is -4.68. The number of aliphatic hydroxyl groups is 1. The maximum Gasteiger partial charge on any atom is 0.420 e. The number of hydrogen-bond donors (Lipinski definition) is 1. The summed E-state index contributed by atoms with van der Waals surface area (Å²) in [6.07, 6.45) is -4.04. The van der Waals surface area contributed by atoms with Crippen LogP contribution < -0.4 is 0 Å². The molecule has 6 heteroatoms. The van der Waals surface area contributed by atoms with Crippen LogP contribution in [0.25, 0.3) is 0 Å². The molecule has 0 bridgehead atoms. The Morgan fingerprint density at radius 2 is 2.00 bits per heavy atom. The molecule has 66 valence electrons. The normalized spacial score (nSPS) is 14.3. The fourth-order valence-electron chi connectivity index (χ4n) is 0.620. The van der Waals surface area contributed by atoms with E-state index in [2.05, 4.69) is 9.97 Å². The van der Waals surface area contributed by atoms with Crippen molar-refractivity contribution in [1.29, 1.82) is 0 Å². The molecule has 0 fully saturated rings. The highest BCUT2D eigenvalue weighted by molar-refractivity contribution is 5.01. The lowest BCUT2D eigenvalue weighted by molar-refractivity contribution is -0.208. The quantitative estimate of drug-likeness (QED) is 0.699. The molecule has 3 nitrogen and oxygen atoms in total. The maximum atomic E-state index is 11.8. The molecule has 0 saturated heterocycles. The summed E-state index contributed by atoms with van der Waals surface area (Å²) in [5.41, 5.74) is -0.495. The number of aliphatic hydroxyl groups excluding tert-OH is 1. The van der Waals surface area contributed by atoms with E-state index in [0.717, 1.165) is 12.4 Å². The SMILES string of the molecule is O[C@@H](c1cnccn1)C(F)(F)F. The van der Waals surface area contributed by atoms with Crippen molar-refractivity contribution in [2.45, 2.75) is 12.3 Å². The first-order valence-corrected chi connectivity index (χ1v) is 3.02. The Morgan fingerprint density at radius 1 is 1.33 bits per heavy atom. The number of hydrogen-bond acceptors (Lipinski definition) is 3. The van der Waals surface area contributed by atoms with Crippen molar-refractivity contribution in [2.75, 3.05) is 0 Å². The summed E-state index contributed by atoms with van der Waals surface area (Å²) in [5, 5.41) is 8.63. The Labute approximate surface area is 65.9 Å². The monoisotopic (exact) mass is 178 g/mol. The van der Waals surface area contributed by atoms with Crippen molar-refractivity contribution in [2.24, 2.45) is 0 Å². The lowest BCUT2D eigenvalue weighted by Gasteiger charge is -2.12. The third kappa shape index (κ3) is 1.91. The molecule has 1 heterocycles. The van der Waals surface area contributed by atoms with Crippen LogP contribution in [-0.2, 0) is 0 Å². The minimum absolute atomic E-state index is 0.495. The van der Waals surface area contributed by atoms with E-state index in [1.54, 1.807) is 0 Å². The van der Waals surface area contributed by atoms with Crippen molar-refractivity contribution in [1.82, 2.24) is 9.97 Å². The van der Waals surface area contributed by atoms with Gasteiger partial charge >= 0.3 is 6.18 Å². The van der Waals surface area contributed by atoms with Crippen molar-refractivity contribution >= 4 is 0 Å². The second-order valence-corrected chi connectivity index (χ2v) is 2.07. The van der Waals surface area contributed by atoms with Gasteiger partial charge in [-0.3, -0.25) is 9.97 Å². The highest BCUT2D eigenvalue weighted by Gasteiger charge is 2.40. The van der Waals surface area contributed by atoms with Crippen LogP contribution >= 0.6 is 0 Å². The molecular weight excluding hydrogens is 173 g/mol. The van der Waals surface area contributed by atoms with Crippen LogP contribution in [0.2, 0.25) is 0 Å². The van der Waals surface area contributed by atoms with Crippen LogP contribution in [-0.4, -0.2) is 21.3 Å². The Morgan fingerprint density at radius 3 is 2.42 bits per heavy atom. The molecule has 0 radical (unpaired) electrons. The first kappa shape index (κ1) is 8.92. The van der Waals surface area contributed by atoms with Crippen LogP contribution in [0.15, 0.2) is 18.6 Å². The largest absolute Gasteiger partial charge is 0.420 e.